The van der Waals surface area contributed by atoms with Gasteiger partial charge in [-0.05, 0) is 29.8 Å². The third kappa shape index (κ3) is 4.86. The zero-order chi connectivity index (χ0) is 16.1. The van der Waals surface area contributed by atoms with E-state index in [0.717, 1.165) is 22.6 Å². The zero-order valence-electron chi connectivity index (χ0n) is 13.0. The molecule has 0 fully saturated rings. The molecule has 1 heterocycles. The quantitative estimate of drug-likeness (QED) is 0.666. The standard InChI is InChI=1S/C19H18ClNO2.ClH/c20-16-8-4-7-15(11-16)19-10-9-17(23-19)12-21-13-18(22)14-5-2-1-3-6-14;/h1-11,18,21-22H,12-13H2;1H. The van der Waals surface area contributed by atoms with Crippen molar-refractivity contribution in [3.8, 4) is 11.3 Å². The van der Waals surface area contributed by atoms with Crippen LogP contribution in [0.1, 0.15) is 17.4 Å². The molecule has 126 valence electrons. The molecule has 1 aromatic heterocycles. The second kappa shape index (κ2) is 8.90. The molecule has 3 rings (SSSR count). The fourth-order valence-corrected chi connectivity index (χ4v) is 2.67. The first kappa shape index (κ1) is 18.6. The maximum atomic E-state index is 10.1. The topological polar surface area (TPSA) is 50.0 Å². The van der Waals surface area contributed by atoms with Gasteiger partial charge in [0, 0.05) is 10.6 Å². The maximum Gasteiger partial charge on any atom is 0.158 e. The van der Waals surface area contributed by atoms with E-state index >= 15 is 0 Å². The van der Waals surface area contributed by atoms with Crippen LogP contribution in [0.4, 0.5) is 0 Å². The van der Waals surface area contributed by atoms with E-state index in [2.05, 4.69) is 0 Å². The summed E-state index contributed by atoms with van der Waals surface area (Å²) in [6.45, 7) is 1.28. The summed E-state index contributed by atoms with van der Waals surface area (Å²) >= 11 is 6.00. The monoisotopic (exact) mass is 363 g/mol. The van der Waals surface area contributed by atoms with E-state index in [1.807, 2.05) is 72.0 Å². The summed E-state index contributed by atoms with van der Waals surface area (Å²) in [6.07, 6.45) is -0.474. The molecule has 0 spiro atoms. The van der Waals surface area contributed by atoms with Gasteiger partial charge >= 0.3 is 0 Å². The number of furan rings is 1. The van der Waals surface area contributed by atoms with Gasteiger partial charge < -0.3 is 27.2 Å². The number of nitrogens with two attached hydrogens (primary N) is 1. The van der Waals surface area contributed by atoms with Crippen molar-refractivity contribution >= 4 is 11.6 Å². The summed E-state index contributed by atoms with van der Waals surface area (Å²) in [5.41, 5.74) is 1.90. The lowest BCUT2D eigenvalue weighted by Gasteiger charge is -2.08. The highest BCUT2D eigenvalue weighted by Crippen LogP contribution is 2.24. The Hall–Kier alpha value is -1.78. The normalized spacial score (nSPS) is 11.8. The SMILES string of the molecule is OC(C[NH2+]Cc1ccc(-c2cccc(Cl)c2)o1)c1ccccc1.[Cl-]. The van der Waals surface area contributed by atoms with Gasteiger partial charge in [0.15, 0.2) is 5.76 Å². The van der Waals surface area contributed by atoms with Gasteiger partial charge in [-0.25, -0.2) is 0 Å². The summed E-state index contributed by atoms with van der Waals surface area (Å²) < 4.78 is 5.84. The predicted octanol–water partition coefficient (Wildman–Crippen LogP) is 0.401. The number of halogens is 2. The molecule has 0 saturated carbocycles. The van der Waals surface area contributed by atoms with Crippen LogP contribution in [-0.4, -0.2) is 11.7 Å². The van der Waals surface area contributed by atoms with Crippen LogP contribution in [0.2, 0.25) is 5.02 Å². The molecule has 3 N–H and O–H groups in total. The van der Waals surface area contributed by atoms with E-state index in [-0.39, 0.29) is 12.4 Å². The largest absolute Gasteiger partial charge is 1.00 e. The van der Waals surface area contributed by atoms with Crippen LogP contribution in [0.15, 0.2) is 71.1 Å². The number of quaternary nitrogens is 1. The Balaban J connectivity index is 0.00000208. The third-order valence-electron chi connectivity index (χ3n) is 3.69. The molecular formula is C19H19Cl2NO2. The van der Waals surface area contributed by atoms with E-state index in [1.165, 1.54) is 0 Å². The maximum absolute atomic E-state index is 10.1. The second-order valence-electron chi connectivity index (χ2n) is 5.43. The molecule has 24 heavy (non-hydrogen) atoms. The number of rotatable bonds is 6. The predicted molar refractivity (Wildman–Crippen MR) is 91.1 cm³/mol. The molecule has 2 aromatic carbocycles. The second-order valence-corrected chi connectivity index (χ2v) is 5.87. The summed E-state index contributed by atoms with van der Waals surface area (Å²) in [5, 5.41) is 12.9. The molecule has 0 aliphatic rings. The number of aliphatic hydroxyl groups is 1. The molecule has 0 radical (unpaired) electrons. The summed E-state index contributed by atoms with van der Waals surface area (Å²) in [6, 6.07) is 21.2. The Morgan fingerprint density at radius 1 is 1.00 bits per heavy atom. The molecule has 1 unspecified atom stereocenters. The van der Waals surface area contributed by atoms with Gasteiger partial charge in [-0.1, -0.05) is 54.1 Å². The van der Waals surface area contributed by atoms with Crippen molar-refractivity contribution < 1.29 is 27.2 Å². The number of benzene rings is 2. The number of hydrogen-bond acceptors (Lipinski definition) is 2. The molecule has 5 heteroatoms. The molecule has 0 saturated heterocycles. The third-order valence-corrected chi connectivity index (χ3v) is 3.93. The molecule has 0 bridgehead atoms. The van der Waals surface area contributed by atoms with Gasteiger partial charge in [-0.3, -0.25) is 0 Å². The van der Waals surface area contributed by atoms with Crippen LogP contribution >= 0.6 is 11.6 Å². The van der Waals surface area contributed by atoms with Crippen molar-refractivity contribution in [3.05, 3.63) is 83.1 Å². The summed E-state index contributed by atoms with van der Waals surface area (Å²) in [7, 11) is 0. The Labute approximate surface area is 152 Å². The van der Waals surface area contributed by atoms with Gasteiger partial charge in [0.25, 0.3) is 0 Å². The fraction of sp³-hybridized carbons (Fsp3) is 0.158. The molecule has 1 atom stereocenters. The van der Waals surface area contributed by atoms with Crippen molar-refractivity contribution in [1.82, 2.24) is 0 Å². The van der Waals surface area contributed by atoms with Crippen LogP contribution in [0, 0.1) is 0 Å². The highest BCUT2D eigenvalue weighted by atomic mass is 35.5. The number of hydrogen-bond donors (Lipinski definition) is 2. The van der Waals surface area contributed by atoms with Crippen molar-refractivity contribution in [2.24, 2.45) is 0 Å². The fourth-order valence-electron chi connectivity index (χ4n) is 2.48. The molecule has 3 aromatic rings. The van der Waals surface area contributed by atoms with Crippen LogP contribution in [0.3, 0.4) is 0 Å². The highest BCUT2D eigenvalue weighted by molar-refractivity contribution is 6.30. The van der Waals surface area contributed by atoms with Gasteiger partial charge in [0.2, 0.25) is 0 Å². The molecular weight excluding hydrogens is 345 g/mol. The zero-order valence-corrected chi connectivity index (χ0v) is 14.5. The van der Waals surface area contributed by atoms with Crippen LogP contribution in [0.25, 0.3) is 11.3 Å². The smallest absolute Gasteiger partial charge is 0.158 e. The Bertz CT molecular complexity index is 759. The summed E-state index contributed by atoms with van der Waals surface area (Å²) in [5.74, 6) is 1.68. The molecule has 0 amide bonds. The first-order chi connectivity index (χ1) is 11.2. The van der Waals surface area contributed by atoms with E-state index < -0.39 is 6.10 Å². The van der Waals surface area contributed by atoms with E-state index in [0.29, 0.717) is 18.1 Å². The van der Waals surface area contributed by atoms with Gasteiger partial charge in [-0.15, -0.1) is 0 Å². The Morgan fingerprint density at radius 3 is 2.54 bits per heavy atom. The minimum absolute atomic E-state index is 0. The van der Waals surface area contributed by atoms with Crippen LogP contribution in [0.5, 0.6) is 0 Å². The molecule has 3 nitrogen and oxygen atoms in total. The average Bonchev–Trinajstić information content (AvgIpc) is 3.04. The van der Waals surface area contributed by atoms with Crippen molar-refractivity contribution in [2.75, 3.05) is 6.54 Å². The average molecular weight is 364 g/mol. The number of aliphatic hydroxyl groups excluding tert-OH is 1. The van der Waals surface area contributed by atoms with Crippen molar-refractivity contribution in [1.29, 1.82) is 0 Å². The van der Waals surface area contributed by atoms with E-state index in [4.69, 9.17) is 16.0 Å². The lowest BCUT2D eigenvalue weighted by molar-refractivity contribution is -0.679. The minimum Gasteiger partial charge on any atom is -1.00 e. The first-order valence-corrected chi connectivity index (χ1v) is 7.99. The lowest BCUT2D eigenvalue weighted by Crippen LogP contribution is -3.00. The van der Waals surface area contributed by atoms with Gasteiger partial charge in [-0.2, -0.15) is 0 Å². The van der Waals surface area contributed by atoms with Gasteiger partial charge in [0.05, 0.1) is 0 Å². The Kier molecular flexibility index (Phi) is 6.88. The van der Waals surface area contributed by atoms with Crippen molar-refractivity contribution in [3.63, 3.8) is 0 Å². The van der Waals surface area contributed by atoms with Gasteiger partial charge in [0.1, 0.15) is 25.0 Å². The van der Waals surface area contributed by atoms with Crippen LogP contribution in [-0.2, 0) is 6.54 Å². The first-order valence-electron chi connectivity index (χ1n) is 7.62. The van der Waals surface area contributed by atoms with E-state index in [1.54, 1.807) is 0 Å². The lowest BCUT2D eigenvalue weighted by atomic mass is 10.1. The summed E-state index contributed by atoms with van der Waals surface area (Å²) in [4.78, 5) is 0. The van der Waals surface area contributed by atoms with E-state index in [9.17, 15) is 5.11 Å². The van der Waals surface area contributed by atoms with Crippen molar-refractivity contribution in [2.45, 2.75) is 12.6 Å². The molecule has 0 aliphatic carbocycles. The van der Waals surface area contributed by atoms with Crippen LogP contribution < -0.4 is 17.7 Å². The Morgan fingerprint density at radius 2 is 1.79 bits per heavy atom. The highest BCUT2D eigenvalue weighted by Gasteiger charge is 2.10. The minimum atomic E-state index is -0.474. The molecule has 0 aliphatic heterocycles.